The lowest BCUT2D eigenvalue weighted by Gasteiger charge is -2.18. The lowest BCUT2D eigenvalue weighted by atomic mass is 9.87. The van der Waals surface area contributed by atoms with Crippen molar-refractivity contribution >= 4 is 11.4 Å². The van der Waals surface area contributed by atoms with Crippen molar-refractivity contribution in [2.75, 3.05) is 0 Å². The summed E-state index contributed by atoms with van der Waals surface area (Å²) >= 11 is 0. The predicted octanol–water partition coefficient (Wildman–Crippen LogP) is 3.44. The van der Waals surface area contributed by atoms with Crippen LogP contribution in [-0.4, -0.2) is 4.92 Å². The number of hydrogen-bond acceptors (Lipinski definition) is 2. The molecule has 0 atom stereocenters. The standard InChI is InChI=1S/C11H12N2O2/c1-11(2,3)8-5-6-9(12-4)10(7-8)13(14)15/h5-7H,1-3H3. The second-order valence-electron chi connectivity index (χ2n) is 4.32. The molecule has 0 aliphatic heterocycles. The summed E-state index contributed by atoms with van der Waals surface area (Å²) in [6.07, 6.45) is 0. The van der Waals surface area contributed by atoms with Crippen molar-refractivity contribution in [1.29, 1.82) is 0 Å². The molecule has 0 saturated heterocycles. The average Bonchev–Trinajstić information content (AvgIpc) is 2.15. The summed E-state index contributed by atoms with van der Waals surface area (Å²) in [7, 11) is 0. The van der Waals surface area contributed by atoms with E-state index in [-0.39, 0.29) is 16.8 Å². The number of nitrogens with zero attached hydrogens (tertiary/aromatic N) is 2. The highest BCUT2D eigenvalue weighted by atomic mass is 16.6. The van der Waals surface area contributed by atoms with Crippen molar-refractivity contribution in [3.8, 4) is 0 Å². The normalized spacial score (nSPS) is 10.8. The maximum atomic E-state index is 10.7. The topological polar surface area (TPSA) is 47.5 Å². The molecule has 1 rings (SSSR count). The Morgan fingerprint density at radius 3 is 2.40 bits per heavy atom. The van der Waals surface area contributed by atoms with E-state index in [1.54, 1.807) is 6.07 Å². The summed E-state index contributed by atoms with van der Waals surface area (Å²) in [5.74, 6) is 0. The molecule has 0 N–H and O–H groups in total. The minimum atomic E-state index is -0.511. The molecule has 0 aliphatic carbocycles. The van der Waals surface area contributed by atoms with Gasteiger partial charge in [0, 0.05) is 6.07 Å². The summed E-state index contributed by atoms with van der Waals surface area (Å²) in [6.45, 7) is 12.8. The van der Waals surface area contributed by atoms with E-state index < -0.39 is 4.92 Å². The Morgan fingerprint density at radius 2 is 2.00 bits per heavy atom. The molecule has 4 nitrogen and oxygen atoms in total. The van der Waals surface area contributed by atoms with Crippen molar-refractivity contribution in [3.05, 3.63) is 45.3 Å². The molecule has 0 fully saturated rings. The molecule has 0 heterocycles. The summed E-state index contributed by atoms with van der Waals surface area (Å²) in [6, 6.07) is 4.75. The van der Waals surface area contributed by atoms with Gasteiger partial charge in [0.25, 0.3) is 11.4 Å². The van der Waals surface area contributed by atoms with Crippen LogP contribution in [-0.2, 0) is 5.41 Å². The van der Waals surface area contributed by atoms with Gasteiger partial charge < -0.3 is 0 Å². The third-order valence-electron chi connectivity index (χ3n) is 2.16. The molecule has 1 aromatic carbocycles. The van der Waals surface area contributed by atoms with Crippen molar-refractivity contribution in [2.45, 2.75) is 26.2 Å². The second kappa shape index (κ2) is 3.70. The van der Waals surface area contributed by atoms with E-state index in [1.807, 2.05) is 20.8 Å². The van der Waals surface area contributed by atoms with E-state index in [4.69, 9.17) is 6.57 Å². The van der Waals surface area contributed by atoms with Crippen LogP contribution in [0.25, 0.3) is 4.85 Å². The minimum absolute atomic E-state index is 0.0907. The SMILES string of the molecule is [C-]#[N+]c1ccc(C(C)(C)C)cc1[N+](=O)[O-]. The van der Waals surface area contributed by atoms with Crippen LogP contribution in [0.4, 0.5) is 11.4 Å². The molecular formula is C11H12N2O2. The maximum absolute atomic E-state index is 10.7. The maximum Gasteiger partial charge on any atom is 0.279 e. The van der Waals surface area contributed by atoms with Gasteiger partial charge in [-0.25, -0.2) is 4.85 Å². The molecule has 0 spiro atoms. The quantitative estimate of drug-likeness (QED) is 0.399. The van der Waals surface area contributed by atoms with Crippen LogP contribution in [0.3, 0.4) is 0 Å². The molecule has 0 radical (unpaired) electrons. The van der Waals surface area contributed by atoms with Crippen LogP contribution in [0.1, 0.15) is 26.3 Å². The zero-order chi connectivity index (χ0) is 11.6. The molecule has 1 aromatic rings. The molecule has 0 aromatic heterocycles. The first kappa shape index (κ1) is 11.2. The largest absolute Gasteiger partial charge is 0.279 e. The molecule has 0 aliphatic rings. The first-order valence-electron chi connectivity index (χ1n) is 4.52. The van der Waals surface area contributed by atoms with Gasteiger partial charge in [0.2, 0.25) is 0 Å². The van der Waals surface area contributed by atoms with E-state index in [0.717, 1.165) is 5.56 Å². The van der Waals surface area contributed by atoms with Gasteiger partial charge in [0.1, 0.15) is 0 Å². The number of rotatable bonds is 1. The third kappa shape index (κ3) is 2.32. The summed E-state index contributed by atoms with van der Waals surface area (Å²) in [5, 5.41) is 10.7. The molecule has 0 saturated carbocycles. The van der Waals surface area contributed by atoms with Crippen LogP contribution < -0.4 is 0 Å². The molecule has 0 unspecified atom stereocenters. The van der Waals surface area contributed by atoms with E-state index in [1.165, 1.54) is 12.1 Å². The monoisotopic (exact) mass is 204 g/mol. The first-order valence-corrected chi connectivity index (χ1v) is 4.52. The van der Waals surface area contributed by atoms with E-state index in [9.17, 15) is 10.1 Å². The molecule has 0 amide bonds. The second-order valence-corrected chi connectivity index (χ2v) is 4.32. The van der Waals surface area contributed by atoms with Gasteiger partial charge in [-0.2, -0.15) is 0 Å². The van der Waals surface area contributed by atoms with Gasteiger partial charge in [-0.15, -0.1) is 0 Å². The van der Waals surface area contributed by atoms with Gasteiger partial charge >= 0.3 is 0 Å². The molecule has 4 heteroatoms. The Kier molecular flexibility index (Phi) is 2.76. The Balaban J connectivity index is 3.37. The fourth-order valence-corrected chi connectivity index (χ4v) is 1.23. The first-order chi connectivity index (χ1) is 6.86. The highest BCUT2D eigenvalue weighted by molar-refractivity contribution is 5.63. The Labute approximate surface area is 88.5 Å². The van der Waals surface area contributed by atoms with Gasteiger partial charge in [0.15, 0.2) is 0 Å². The number of benzene rings is 1. The Bertz CT molecular complexity index is 439. The number of nitro benzene ring substituents is 1. The van der Waals surface area contributed by atoms with Gasteiger partial charge in [-0.1, -0.05) is 26.8 Å². The highest BCUT2D eigenvalue weighted by Gasteiger charge is 2.20. The number of nitro groups is 1. The van der Waals surface area contributed by atoms with Crippen LogP contribution in [0.15, 0.2) is 18.2 Å². The summed E-state index contributed by atoms with van der Waals surface area (Å²) < 4.78 is 0. The molecule has 15 heavy (non-hydrogen) atoms. The summed E-state index contributed by atoms with van der Waals surface area (Å²) in [4.78, 5) is 13.3. The zero-order valence-electron chi connectivity index (χ0n) is 8.94. The predicted molar refractivity (Wildman–Crippen MR) is 58.1 cm³/mol. The zero-order valence-corrected chi connectivity index (χ0v) is 8.94. The van der Waals surface area contributed by atoms with Crippen molar-refractivity contribution in [3.63, 3.8) is 0 Å². The average molecular weight is 204 g/mol. The lowest BCUT2D eigenvalue weighted by Crippen LogP contribution is -2.11. The van der Waals surface area contributed by atoms with Crippen molar-refractivity contribution in [1.82, 2.24) is 0 Å². The van der Waals surface area contributed by atoms with Crippen LogP contribution >= 0.6 is 0 Å². The van der Waals surface area contributed by atoms with Crippen molar-refractivity contribution < 1.29 is 4.92 Å². The fourth-order valence-electron chi connectivity index (χ4n) is 1.23. The van der Waals surface area contributed by atoms with Crippen LogP contribution in [0, 0.1) is 16.7 Å². The molecule has 78 valence electrons. The summed E-state index contributed by atoms with van der Waals surface area (Å²) in [5.41, 5.74) is 0.692. The van der Waals surface area contributed by atoms with E-state index >= 15 is 0 Å². The van der Waals surface area contributed by atoms with E-state index in [0.29, 0.717) is 0 Å². The van der Waals surface area contributed by atoms with Crippen LogP contribution in [0.2, 0.25) is 0 Å². The molecular weight excluding hydrogens is 192 g/mol. The fraction of sp³-hybridized carbons (Fsp3) is 0.364. The third-order valence-corrected chi connectivity index (χ3v) is 2.16. The lowest BCUT2D eigenvalue weighted by molar-refractivity contribution is -0.383. The van der Waals surface area contributed by atoms with Crippen LogP contribution in [0.5, 0.6) is 0 Å². The van der Waals surface area contributed by atoms with Gasteiger partial charge in [0.05, 0.1) is 11.5 Å². The van der Waals surface area contributed by atoms with Gasteiger partial charge in [-0.3, -0.25) is 10.1 Å². The highest BCUT2D eigenvalue weighted by Crippen LogP contribution is 2.32. The Morgan fingerprint density at radius 1 is 1.40 bits per heavy atom. The number of hydrogen-bond donors (Lipinski definition) is 0. The Hall–Kier alpha value is -1.89. The van der Waals surface area contributed by atoms with Crippen molar-refractivity contribution in [2.24, 2.45) is 0 Å². The van der Waals surface area contributed by atoms with E-state index in [2.05, 4.69) is 4.85 Å². The minimum Gasteiger partial charge on any atom is -0.260 e. The molecule has 0 bridgehead atoms. The van der Waals surface area contributed by atoms with Gasteiger partial charge in [-0.05, 0) is 17.0 Å². The smallest absolute Gasteiger partial charge is 0.260 e.